The lowest BCUT2D eigenvalue weighted by atomic mass is 10.0. The number of aryl methyl sites for hydroxylation is 1. The summed E-state index contributed by atoms with van der Waals surface area (Å²) in [6.45, 7) is 1.45. The number of pyridine rings is 1. The second kappa shape index (κ2) is 6.45. The Balaban J connectivity index is 1.49. The SMILES string of the molecule is O=C1C(CCc2ccccc2)NCCN1c1cn2ccccc2n1. The second-order valence-corrected chi connectivity index (χ2v) is 6.09. The van der Waals surface area contributed by atoms with Crippen molar-refractivity contribution in [1.82, 2.24) is 14.7 Å². The zero-order valence-electron chi connectivity index (χ0n) is 13.4. The molecule has 1 aliphatic rings. The Labute approximate surface area is 140 Å². The lowest BCUT2D eigenvalue weighted by Crippen LogP contribution is -2.55. The summed E-state index contributed by atoms with van der Waals surface area (Å²) >= 11 is 0. The Morgan fingerprint density at radius 1 is 1.12 bits per heavy atom. The number of hydrogen-bond donors (Lipinski definition) is 1. The van der Waals surface area contributed by atoms with Crippen LogP contribution in [0.2, 0.25) is 0 Å². The third-order valence-electron chi connectivity index (χ3n) is 4.48. The van der Waals surface area contributed by atoms with Gasteiger partial charge in [0.2, 0.25) is 5.91 Å². The zero-order valence-corrected chi connectivity index (χ0v) is 13.4. The van der Waals surface area contributed by atoms with Gasteiger partial charge in [-0.25, -0.2) is 4.98 Å². The summed E-state index contributed by atoms with van der Waals surface area (Å²) in [5, 5.41) is 3.35. The van der Waals surface area contributed by atoms with Crippen molar-refractivity contribution in [3.05, 3.63) is 66.5 Å². The number of nitrogens with zero attached hydrogens (tertiary/aromatic N) is 3. The maximum Gasteiger partial charge on any atom is 0.245 e. The number of fused-ring (bicyclic) bond motifs is 1. The molecule has 1 amide bonds. The number of amides is 1. The van der Waals surface area contributed by atoms with E-state index in [1.165, 1.54) is 5.56 Å². The first kappa shape index (κ1) is 14.9. The minimum absolute atomic E-state index is 0.112. The van der Waals surface area contributed by atoms with E-state index in [0.29, 0.717) is 6.54 Å². The molecule has 0 spiro atoms. The van der Waals surface area contributed by atoms with Crippen LogP contribution in [0.15, 0.2) is 60.9 Å². The number of piperazine rings is 1. The molecule has 1 atom stereocenters. The number of nitrogens with one attached hydrogen (secondary N) is 1. The summed E-state index contributed by atoms with van der Waals surface area (Å²) in [4.78, 5) is 19.2. The minimum Gasteiger partial charge on any atom is -0.305 e. The highest BCUT2D eigenvalue weighted by Gasteiger charge is 2.30. The van der Waals surface area contributed by atoms with Gasteiger partial charge < -0.3 is 9.72 Å². The topological polar surface area (TPSA) is 49.6 Å². The Kier molecular flexibility index (Phi) is 4.01. The summed E-state index contributed by atoms with van der Waals surface area (Å²) in [6.07, 6.45) is 5.56. The zero-order chi connectivity index (χ0) is 16.4. The Morgan fingerprint density at radius 2 is 1.96 bits per heavy atom. The number of anilines is 1. The van der Waals surface area contributed by atoms with Gasteiger partial charge in [-0.3, -0.25) is 9.69 Å². The average Bonchev–Trinajstić information content (AvgIpc) is 3.05. The third kappa shape index (κ3) is 2.90. The average molecular weight is 320 g/mol. The minimum atomic E-state index is -0.149. The predicted octanol–water partition coefficient (Wildman–Crippen LogP) is 2.27. The van der Waals surface area contributed by atoms with E-state index in [1.54, 1.807) is 4.90 Å². The molecule has 4 rings (SSSR count). The van der Waals surface area contributed by atoms with Gasteiger partial charge in [0, 0.05) is 19.3 Å². The van der Waals surface area contributed by atoms with Crippen molar-refractivity contribution in [3.8, 4) is 0 Å². The van der Waals surface area contributed by atoms with E-state index in [0.717, 1.165) is 30.9 Å². The van der Waals surface area contributed by atoms with Crippen molar-refractivity contribution in [2.75, 3.05) is 18.0 Å². The van der Waals surface area contributed by atoms with Crippen molar-refractivity contribution in [2.24, 2.45) is 0 Å². The molecule has 0 saturated carbocycles. The highest BCUT2D eigenvalue weighted by molar-refractivity contribution is 5.97. The van der Waals surface area contributed by atoms with Crippen LogP contribution in [0.5, 0.6) is 0 Å². The van der Waals surface area contributed by atoms with Crippen LogP contribution in [0, 0.1) is 0 Å². The summed E-state index contributed by atoms with van der Waals surface area (Å²) in [7, 11) is 0. The van der Waals surface area contributed by atoms with Crippen LogP contribution in [-0.2, 0) is 11.2 Å². The second-order valence-electron chi connectivity index (χ2n) is 6.09. The summed E-state index contributed by atoms with van der Waals surface area (Å²) in [5.41, 5.74) is 2.12. The third-order valence-corrected chi connectivity index (χ3v) is 4.48. The van der Waals surface area contributed by atoms with Crippen molar-refractivity contribution in [2.45, 2.75) is 18.9 Å². The van der Waals surface area contributed by atoms with Crippen molar-refractivity contribution >= 4 is 17.4 Å². The molecule has 24 heavy (non-hydrogen) atoms. The quantitative estimate of drug-likeness (QED) is 0.802. The van der Waals surface area contributed by atoms with Crippen LogP contribution in [-0.4, -0.2) is 34.4 Å². The Morgan fingerprint density at radius 3 is 2.79 bits per heavy atom. The van der Waals surface area contributed by atoms with Gasteiger partial charge in [0.15, 0.2) is 5.82 Å². The van der Waals surface area contributed by atoms with Gasteiger partial charge in [-0.1, -0.05) is 36.4 Å². The van der Waals surface area contributed by atoms with E-state index in [2.05, 4.69) is 22.4 Å². The number of carbonyl (C=O) groups is 1. The first-order valence-corrected chi connectivity index (χ1v) is 8.34. The molecule has 5 heteroatoms. The molecule has 5 nitrogen and oxygen atoms in total. The number of hydrogen-bond acceptors (Lipinski definition) is 3. The van der Waals surface area contributed by atoms with Gasteiger partial charge in [0.05, 0.1) is 12.2 Å². The molecular weight excluding hydrogens is 300 g/mol. The van der Waals surface area contributed by atoms with E-state index in [1.807, 2.05) is 53.2 Å². The molecule has 0 bridgehead atoms. The van der Waals surface area contributed by atoms with E-state index in [9.17, 15) is 4.79 Å². The molecular formula is C19H20N4O. The van der Waals surface area contributed by atoms with E-state index < -0.39 is 0 Å². The van der Waals surface area contributed by atoms with E-state index in [-0.39, 0.29) is 11.9 Å². The van der Waals surface area contributed by atoms with Crippen LogP contribution in [0.3, 0.4) is 0 Å². The van der Waals surface area contributed by atoms with E-state index in [4.69, 9.17) is 0 Å². The van der Waals surface area contributed by atoms with Crippen LogP contribution >= 0.6 is 0 Å². The first-order valence-electron chi connectivity index (χ1n) is 8.34. The molecule has 3 aromatic rings. The molecule has 1 N–H and O–H groups in total. The first-order chi connectivity index (χ1) is 11.8. The standard InChI is InChI=1S/C19H20N4O/c24-19-16(10-9-15-6-2-1-3-7-15)20-11-13-23(19)18-14-22-12-5-4-8-17(22)21-18/h1-8,12,14,16,20H,9-11,13H2. The fraction of sp³-hybridized carbons (Fsp3) is 0.263. The van der Waals surface area contributed by atoms with Crippen molar-refractivity contribution in [3.63, 3.8) is 0 Å². The fourth-order valence-electron chi connectivity index (χ4n) is 3.20. The number of benzene rings is 1. The summed E-state index contributed by atoms with van der Waals surface area (Å²) < 4.78 is 1.95. The Hall–Kier alpha value is -2.66. The largest absolute Gasteiger partial charge is 0.305 e. The van der Waals surface area contributed by atoms with Gasteiger partial charge >= 0.3 is 0 Å². The summed E-state index contributed by atoms with van der Waals surface area (Å²) in [5.74, 6) is 0.845. The molecule has 0 aliphatic carbocycles. The van der Waals surface area contributed by atoms with E-state index >= 15 is 0 Å². The lowest BCUT2D eigenvalue weighted by Gasteiger charge is -2.31. The molecule has 1 aromatic carbocycles. The van der Waals surface area contributed by atoms with Gasteiger partial charge in [0.1, 0.15) is 5.65 Å². The molecule has 3 heterocycles. The van der Waals surface area contributed by atoms with Gasteiger partial charge in [-0.05, 0) is 30.5 Å². The van der Waals surface area contributed by atoms with Crippen LogP contribution in [0.1, 0.15) is 12.0 Å². The number of imidazole rings is 1. The molecule has 1 unspecified atom stereocenters. The van der Waals surface area contributed by atoms with Crippen LogP contribution in [0.25, 0.3) is 5.65 Å². The molecule has 2 aromatic heterocycles. The Bertz CT molecular complexity index is 810. The normalized spacial score (nSPS) is 18.2. The molecule has 1 fully saturated rings. The molecule has 1 saturated heterocycles. The maximum atomic E-state index is 12.8. The van der Waals surface area contributed by atoms with Crippen molar-refractivity contribution < 1.29 is 4.79 Å². The molecule has 0 radical (unpaired) electrons. The number of rotatable bonds is 4. The highest BCUT2D eigenvalue weighted by atomic mass is 16.2. The molecule has 122 valence electrons. The van der Waals surface area contributed by atoms with Crippen LogP contribution in [0.4, 0.5) is 5.82 Å². The van der Waals surface area contributed by atoms with Crippen LogP contribution < -0.4 is 10.2 Å². The maximum absolute atomic E-state index is 12.8. The highest BCUT2D eigenvalue weighted by Crippen LogP contribution is 2.18. The van der Waals surface area contributed by atoms with Gasteiger partial charge in [-0.2, -0.15) is 0 Å². The molecule has 1 aliphatic heterocycles. The van der Waals surface area contributed by atoms with Crippen molar-refractivity contribution in [1.29, 1.82) is 0 Å². The predicted molar refractivity (Wildman–Crippen MR) is 94.1 cm³/mol. The van der Waals surface area contributed by atoms with Gasteiger partial charge in [0.25, 0.3) is 0 Å². The monoisotopic (exact) mass is 320 g/mol. The summed E-state index contributed by atoms with van der Waals surface area (Å²) in [6, 6.07) is 16.0. The number of carbonyl (C=O) groups excluding carboxylic acids is 1. The smallest absolute Gasteiger partial charge is 0.245 e. The lowest BCUT2D eigenvalue weighted by molar-refractivity contribution is -0.121. The number of aromatic nitrogens is 2. The van der Waals surface area contributed by atoms with Gasteiger partial charge in [-0.15, -0.1) is 0 Å². The fourth-order valence-corrected chi connectivity index (χ4v) is 3.20.